The Hall–Kier alpha value is -3.03. The molecule has 6 nitrogen and oxygen atoms in total. The van der Waals surface area contributed by atoms with Crippen LogP contribution in [0.3, 0.4) is 0 Å². The maximum absolute atomic E-state index is 15.0. The fourth-order valence-corrected chi connectivity index (χ4v) is 4.08. The molecule has 0 radical (unpaired) electrons. The highest BCUT2D eigenvalue weighted by Gasteiger charge is 2.20. The summed E-state index contributed by atoms with van der Waals surface area (Å²) in [5.74, 6) is 1.96. The molecule has 0 aliphatic rings. The van der Waals surface area contributed by atoms with E-state index in [0.717, 1.165) is 10.2 Å². The number of fused-ring (bicyclic) bond motifs is 1. The van der Waals surface area contributed by atoms with Crippen LogP contribution < -0.4 is 5.56 Å². The van der Waals surface area contributed by atoms with Crippen LogP contribution in [0.1, 0.15) is 37.5 Å². The van der Waals surface area contributed by atoms with E-state index in [1.54, 1.807) is 35.1 Å². The van der Waals surface area contributed by atoms with E-state index in [9.17, 15) is 9.90 Å². The molecule has 0 saturated carbocycles. The van der Waals surface area contributed by atoms with Crippen LogP contribution >= 0.6 is 22.6 Å². The highest BCUT2D eigenvalue weighted by molar-refractivity contribution is 14.1. The van der Waals surface area contributed by atoms with Crippen molar-refractivity contribution in [3.8, 4) is 23.7 Å². The van der Waals surface area contributed by atoms with Crippen LogP contribution in [-0.4, -0.2) is 24.7 Å². The second kappa shape index (κ2) is 8.15. The third-order valence-corrected chi connectivity index (χ3v) is 6.09. The van der Waals surface area contributed by atoms with Crippen LogP contribution in [0.4, 0.5) is 4.39 Å². The fraction of sp³-hybridized carbons (Fsp3) is 0.208. The van der Waals surface area contributed by atoms with E-state index in [0.29, 0.717) is 31.6 Å². The van der Waals surface area contributed by atoms with Crippen LogP contribution in [0.15, 0.2) is 47.5 Å². The van der Waals surface area contributed by atoms with Crippen LogP contribution in [-0.2, 0) is 12.0 Å². The maximum Gasteiger partial charge on any atom is 0.282 e. The van der Waals surface area contributed by atoms with Gasteiger partial charge in [-0.05, 0) is 57.8 Å². The van der Waals surface area contributed by atoms with Gasteiger partial charge in [-0.2, -0.15) is 14.9 Å². The number of hydrogen-bond acceptors (Lipinski definition) is 4. The Kier molecular flexibility index (Phi) is 5.65. The first-order valence-corrected chi connectivity index (χ1v) is 10.9. The number of rotatable bonds is 3. The van der Waals surface area contributed by atoms with Crippen LogP contribution in [0, 0.1) is 21.9 Å². The zero-order valence-electron chi connectivity index (χ0n) is 17.7. The smallest absolute Gasteiger partial charge is 0.282 e. The predicted molar refractivity (Wildman–Crippen MR) is 130 cm³/mol. The van der Waals surface area contributed by atoms with Crippen LogP contribution in [0.2, 0.25) is 0 Å². The molecule has 2 aromatic heterocycles. The summed E-state index contributed by atoms with van der Waals surface area (Å²) in [6.45, 7) is 5.54. The summed E-state index contributed by atoms with van der Waals surface area (Å²) in [5.41, 5.74) is 1.80. The van der Waals surface area contributed by atoms with Gasteiger partial charge in [-0.1, -0.05) is 32.8 Å². The minimum Gasteiger partial charge on any atom is -0.392 e. The highest BCUT2D eigenvalue weighted by atomic mass is 127. The van der Waals surface area contributed by atoms with Gasteiger partial charge >= 0.3 is 0 Å². The number of nitrogens with zero attached hydrogens (tertiary/aromatic N) is 4. The molecule has 1 N–H and O–H groups in total. The normalized spacial score (nSPS) is 11.7. The summed E-state index contributed by atoms with van der Waals surface area (Å²) >= 11 is 2.03. The topological polar surface area (TPSA) is 72.9 Å². The van der Waals surface area contributed by atoms with Gasteiger partial charge < -0.3 is 5.11 Å². The molecule has 0 unspecified atom stereocenters. The Labute approximate surface area is 197 Å². The summed E-state index contributed by atoms with van der Waals surface area (Å²) < 4.78 is 18.3. The fourth-order valence-electron chi connectivity index (χ4n) is 3.55. The molecule has 0 aliphatic heterocycles. The molecule has 0 atom stereocenters. The van der Waals surface area contributed by atoms with Crippen LogP contribution in [0.25, 0.3) is 22.1 Å². The van der Waals surface area contributed by atoms with E-state index in [1.165, 1.54) is 12.3 Å². The van der Waals surface area contributed by atoms with Crippen molar-refractivity contribution in [3.63, 3.8) is 0 Å². The summed E-state index contributed by atoms with van der Waals surface area (Å²) in [5, 5.41) is 19.2. The van der Waals surface area contributed by atoms with Crippen molar-refractivity contribution in [1.82, 2.24) is 19.6 Å². The van der Waals surface area contributed by atoms with Crippen molar-refractivity contribution >= 4 is 33.4 Å². The van der Waals surface area contributed by atoms with Crippen LogP contribution in [0.5, 0.6) is 0 Å². The van der Waals surface area contributed by atoms with Crippen molar-refractivity contribution in [2.75, 3.05) is 0 Å². The number of aromatic nitrogens is 4. The van der Waals surface area contributed by atoms with Gasteiger partial charge in [0.15, 0.2) is 0 Å². The number of aliphatic hydroxyl groups is 1. The van der Waals surface area contributed by atoms with Gasteiger partial charge in [-0.15, -0.1) is 6.42 Å². The molecule has 0 bridgehead atoms. The lowest BCUT2D eigenvalue weighted by Gasteiger charge is -2.20. The lowest BCUT2D eigenvalue weighted by atomic mass is 9.86. The third kappa shape index (κ3) is 3.72. The average molecular weight is 542 g/mol. The zero-order valence-corrected chi connectivity index (χ0v) is 19.9. The first-order chi connectivity index (χ1) is 15.2. The molecule has 0 saturated heterocycles. The molecule has 2 heterocycles. The molecule has 0 spiro atoms. The number of aliphatic hydroxyl groups excluding tert-OH is 1. The molecule has 0 fully saturated rings. The Morgan fingerprint density at radius 3 is 2.59 bits per heavy atom. The summed E-state index contributed by atoms with van der Waals surface area (Å²) in [4.78, 5) is 13.3. The second-order valence-corrected chi connectivity index (χ2v) is 9.41. The number of hydrogen-bond donors (Lipinski definition) is 1. The van der Waals surface area contributed by atoms with Gasteiger partial charge in [0.25, 0.3) is 5.56 Å². The van der Waals surface area contributed by atoms with Crippen molar-refractivity contribution < 1.29 is 9.50 Å². The minimum atomic E-state index is -0.605. The van der Waals surface area contributed by atoms with Gasteiger partial charge in [-0.25, -0.2) is 9.07 Å². The van der Waals surface area contributed by atoms with E-state index in [4.69, 9.17) is 6.42 Å². The monoisotopic (exact) mass is 542 g/mol. The van der Waals surface area contributed by atoms with Gasteiger partial charge in [-0.3, -0.25) is 4.79 Å². The van der Waals surface area contributed by atoms with E-state index in [-0.39, 0.29) is 17.4 Å². The highest BCUT2D eigenvalue weighted by Crippen LogP contribution is 2.28. The van der Waals surface area contributed by atoms with Gasteiger partial charge in [0, 0.05) is 17.1 Å². The Morgan fingerprint density at radius 2 is 1.97 bits per heavy atom. The van der Waals surface area contributed by atoms with Gasteiger partial charge in [0.05, 0.1) is 35.1 Å². The van der Waals surface area contributed by atoms with Crippen molar-refractivity contribution in [3.05, 3.63) is 79.3 Å². The standard InChI is InChI=1S/C24H20FIN4O2/c1-5-14-12-29(28-22(14)26)19-7-6-8-20(17(19)13-31)30-23(32)21-15(11-27-30)9-16(10-18(21)25)24(2,3)4/h1,6-12,31H,13H2,2-4H3. The number of halogens is 2. The third-order valence-electron chi connectivity index (χ3n) is 5.29. The molecule has 32 heavy (non-hydrogen) atoms. The van der Waals surface area contributed by atoms with E-state index < -0.39 is 11.4 Å². The van der Waals surface area contributed by atoms with Gasteiger partial charge in [0.1, 0.15) is 9.52 Å². The predicted octanol–water partition coefficient (Wildman–Crippen LogP) is 4.09. The number of benzene rings is 2. The lowest BCUT2D eigenvalue weighted by molar-refractivity contribution is 0.280. The molecule has 0 aliphatic carbocycles. The van der Waals surface area contributed by atoms with Crippen molar-refractivity contribution in [1.29, 1.82) is 0 Å². The van der Waals surface area contributed by atoms with Gasteiger partial charge in [0.2, 0.25) is 0 Å². The Morgan fingerprint density at radius 1 is 1.25 bits per heavy atom. The second-order valence-electron chi connectivity index (χ2n) is 8.39. The Bertz CT molecular complexity index is 1460. The molecule has 162 valence electrons. The Balaban J connectivity index is 1.95. The number of terminal acetylenes is 1. The quantitative estimate of drug-likeness (QED) is 0.313. The molecule has 2 aromatic carbocycles. The van der Waals surface area contributed by atoms with Crippen molar-refractivity contribution in [2.45, 2.75) is 32.8 Å². The molecule has 0 amide bonds. The minimum absolute atomic E-state index is 0.0504. The molecule has 4 rings (SSSR count). The molecule has 4 aromatic rings. The maximum atomic E-state index is 15.0. The molecule has 8 heteroatoms. The first-order valence-electron chi connectivity index (χ1n) is 9.83. The first kappa shape index (κ1) is 22.2. The largest absolute Gasteiger partial charge is 0.392 e. The average Bonchev–Trinajstić information content (AvgIpc) is 3.13. The summed E-state index contributed by atoms with van der Waals surface area (Å²) in [6, 6.07) is 8.29. The van der Waals surface area contributed by atoms with E-state index in [2.05, 4.69) is 16.1 Å². The lowest BCUT2D eigenvalue weighted by Crippen LogP contribution is -2.24. The molecular formula is C24H20FIN4O2. The van der Waals surface area contributed by atoms with Crippen molar-refractivity contribution in [2.24, 2.45) is 0 Å². The summed E-state index contributed by atoms with van der Waals surface area (Å²) in [6.07, 6.45) is 8.65. The zero-order chi connectivity index (χ0) is 23.2. The van der Waals surface area contributed by atoms with E-state index >= 15 is 4.39 Å². The molecular weight excluding hydrogens is 522 g/mol. The summed E-state index contributed by atoms with van der Waals surface area (Å²) in [7, 11) is 0. The SMILES string of the molecule is C#Cc1cn(-c2cccc(-n3ncc4cc(C(C)(C)C)cc(F)c4c3=O)c2CO)nc1I. The van der Waals surface area contributed by atoms with E-state index in [1.807, 2.05) is 43.4 Å².